The Hall–Kier alpha value is -1.72. The molecule has 1 aliphatic heterocycles. The van der Waals surface area contributed by atoms with E-state index in [0.717, 1.165) is 31.5 Å². The Kier molecular flexibility index (Phi) is 3.80. The minimum Gasteiger partial charge on any atom is -0.419 e. The van der Waals surface area contributed by atoms with E-state index in [1.807, 2.05) is 31.2 Å². The highest BCUT2D eigenvalue weighted by atomic mass is 16.4. The second-order valence-corrected chi connectivity index (χ2v) is 5.38. The number of benzene rings is 1. The molecule has 0 aliphatic carbocycles. The number of aromatic nitrogens is 2. The van der Waals surface area contributed by atoms with Crippen LogP contribution < -0.4 is 0 Å². The highest BCUT2D eigenvalue weighted by molar-refractivity contribution is 5.53. The highest BCUT2D eigenvalue weighted by Crippen LogP contribution is 2.20. The molecule has 1 aliphatic rings. The van der Waals surface area contributed by atoms with E-state index >= 15 is 0 Å². The Morgan fingerprint density at radius 3 is 2.85 bits per heavy atom. The number of aliphatic hydroxyl groups excluding tert-OH is 1. The average Bonchev–Trinajstić information content (AvgIpc) is 2.90. The van der Waals surface area contributed by atoms with Crippen molar-refractivity contribution in [3.8, 4) is 11.5 Å². The van der Waals surface area contributed by atoms with Crippen molar-refractivity contribution in [1.29, 1.82) is 0 Å². The SMILES string of the molecule is Cc1cccc(-c2nnc(CN3CCC(O)CC3)o2)c1. The summed E-state index contributed by atoms with van der Waals surface area (Å²) in [6.07, 6.45) is 1.48. The molecule has 1 fully saturated rings. The molecule has 2 aromatic rings. The van der Waals surface area contributed by atoms with Gasteiger partial charge < -0.3 is 9.52 Å². The van der Waals surface area contributed by atoms with Crippen molar-refractivity contribution in [1.82, 2.24) is 15.1 Å². The van der Waals surface area contributed by atoms with Gasteiger partial charge in [0.2, 0.25) is 11.8 Å². The van der Waals surface area contributed by atoms with E-state index in [1.54, 1.807) is 0 Å². The lowest BCUT2D eigenvalue weighted by molar-refractivity contribution is 0.0752. The number of piperidine rings is 1. The average molecular weight is 273 g/mol. The number of nitrogens with zero attached hydrogens (tertiary/aromatic N) is 3. The summed E-state index contributed by atoms with van der Waals surface area (Å²) < 4.78 is 5.73. The van der Waals surface area contributed by atoms with Gasteiger partial charge in [-0.2, -0.15) is 0 Å². The first-order valence-electron chi connectivity index (χ1n) is 7.00. The quantitative estimate of drug-likeness (QED) is 0.926. The van der Waals surface area contributed by atoms with Gasteiger partial charge in [-0.1, -0.05) is 17.7 Å². The second-order valence-electron chi connectivity index (χ2n) is 5.38. The Morgan fingerprint density at radius 1 is 1.30 bits per heavy atom. The molecule has 0 radical (unpaired) electrons. The third kappa shape index (κ3) is 3.05. The van der Waals surface area contributed by atoms with E-state index in [0.29, 0.717) is 18.3 Å². The molecule has 5 nitrogen and oxygen atoms in total. The topological polar surface area (TPSA) is 62.4 Å². The highest BCUT2D eigenvalue weighted by Gasteiger charge is 2.19. The molecular weight excluding hydrogens is 254 g/mol. The summed E-state index contributed by atoms with van der Waals surface area (Å²) in [5, 5.41) is 17.7. The van der Waals surface area contributed by atoms with Gasteiger partial charge in [0.1, 0.15) is 0 Å². The van der Waals surface area contributed by atoms with Crippen molar-refractivity contribution in [2.75, 3.05) is 13.1 Å². The predicted octanol–water partition coefficient (Wildman–Crippen LogP) is 2.00. The van der Waals surface area contributed by atoms with Crippen LogP contribution in [0.3, 0.4) is 0 Å². The van der Waals surface area contributed by atoms with Gasteiger partial charge in [0.15, 0.2) is 0 Å². The van der Waals surface area contributed by atoms with Gasteiger partial charge >= 0.3 is 0 Å². The Balaban J connectivity index is 1.68. The first-order chi connectivity index (χ1) is 9.70. The number of aryl methyl sites for hydroxylation is 1. The molecule has 3 rings (SSSR count). The van der Waals surface area contributed by atoms with Gasteiger partial charge in [-0.15, -0.1) is 10.2 Å². The Morgan fingerprint density at radius 2 is 2.10 bits per heavy atom. The summed E-state index contributed by atoms with van der Waals surface area (Å²) in [6, 6.07) is 8.04. The fourth-order valence-corrected chi connectivity index (χ4v) is 2.48. The smallest absolute Gasteiger partial charge is 0.247 e. The molecule has 1 saturated heterocycles. The van der Waals surface area contributed by atoms with Crippen LogP contribution in [0.25, 0.3) is 11.5 Å². The molecule has 20 heavy (non-hydrogen) atoms. The Labute approximate surface area is 118 Å². The van der Waals surface area contributed by atoms with Gasteiger partial charge in [-0.3, -0.25) is 4.90 Å². The molecule has 106 valence electrons. The van der Waals surface area contributed by atoms with E-state index in [9.17, 15) is 5.11 Å². The molecule has 1 aromatic heterocycles. The zero-order valence-corrected chi connectivity index (χ0v) is 11.6. The summed E-state index contributed by atoms with van der Waals surface area (Å²) >= 11 is 0. The van der Waals surface area contributed by atoms with Gasteiger partial charge in [0.05, 0.1) is 12.6 Å². The molecule has 0 spiro atoms. The zero-order chi connectivity index (χ0) is 13.9. The molecule has 0 saturated carbocycles. The van der Waals surface area contributed by atoms with Crippen LogP contribution >= 0.6 is 0 Å². The number of hydrogen-bond acceptors (Lipinski definition) is 5. The normalized spacial score (nSPS) is 17.5. The van der Waals surface area contributed by atoms with E-state index in [1.165, 1.54) is 5.56 Å². The van der Waals surface area contributed by atoms with Gasteiger partial charge in [0, 0.05) is 18.7 Å². The molecule has 1 N–H and O–H groups in total. The van der Waals surface area contributed by atoms with Gasteiger partial charge in [0.25, 0.3) is 0 Å². The Bertz CT molecular complexity index is 574. The van der Waals surface area contributed by atoms with Crippen LogP contribution in [-0.2, 0) is 6.54 Å². The molecule has 1 aromatic carbocycles. The third-order valence-corrected chi connectivity index (χ3v) is 3.65. The fraction of sp³-hybridized carbons (Fsp3) is 0.467. The summed E-state index contributed by atoms with van der Waals surface area (Å²) in [6.45, 7) is 4.46. The summed E-state index contributed by atoms with van der Waals surface area (Å²) in [7, 11) is 0. The summed E-state index contributed by atoms with van der Waals surface area (Å²) in [5.74, 6) is 1.21. The number of rotatable bonds is 3. The molecule has 0 unspecified atom stereocenters. The molecule has 0 amide bonds. The number of aliphatic hydroxyl groups is 1. The molecule has 0 atom stereocenters. The van der Waals surface area contributed by atoms with Crippen LogP contribution in [0.2, 0.25) is 0 Å². The summed E-state index contributed by atoms with van der Waals surface area (Å²) in [5.41, 5.74) is 2.13. The van der Waals surface area contributed by atoms with Crippen molar-refractivity contribution >= 4 is 0 Å². The van der Waals surface area contributed by atoms with E-state index in [4.69, 9.17) is 4.42 Å². The fourth-order valence-electron chi connectivity index (χ4n) is 2.48. The first kappa shape index (κ1) is 13.3. The van der Waals surface area contributed by atoms with Crippen molar-refractivity contribution in [2.24, 2.45) is 0 Å². The van der Waals surface area contributed by atoms with Gasteiger partial charge in [-0.25, -0.2) is 0 Å². The summed E-state index contributed by atoms with van der Waals surface area (Å²) in [4.78, 5) is 2.24. The van der Waals surface area contributed by atoms with Crippen LogP contribution in [0, 0.1) is 6.92 Å². The van der Waals surface area contributed by atoms with E-state index in [2.05, 4.69) is 15.1 Å². The molecule has 2 heterocycles. The predicted molar refractivity (Wildman–Crippen MR) is 75.0 cm³/mol. The lowest BCUT2D eigenvalue weighted by atomic mass is 10.1. The van der Waals surface area contributed by atoms with Crippen LogP contribution in [0.4, 0.5) is 0 Å². The van der Waals surface area contributed by atoms with Crippen LogP contribution in [0.5, 0.6) is 0 Å². The van der Waals surface area contributed by atoms with E-state index < -0.39 is 0 Å². The van der Waals surface area contributed by atoms with Gasteiger partial charge in [-0.05, 0) is 31.9 Å². The van der Waals surface area contributed by atoms with Crippen molar-refractivity contribution in [2.45, 2.75) is 32.4 Å². The zero-order valence-electron chi connectivity index (χ0n) is 11.6. The molecule has 0 bridgehead atoms. The monoisotopic (exact) mass is 273 g/mol. The lowest BCUT2D eigenvalue weighted by Gasteiger charge is -2.27. The first-order valence-corrected chi connectivity index (χ1v) is 7.00. The van der Waals surface area contributed by atoms with E-state index in [-0.39, 0.29) is 6.10 Å². The lowest BCUT2D eigenvalue weighted by Crippen LogP contribution is -2.35. The maximum absolute atomic E-state index is 9.49. The van der Waals surface area contributed by atoms with Crippen LogP contribution in [0.15, 0.2) is 28.7 Å². The maximum Gasteiger partial charge on any atom is 0.247 e. The molecular formula is C15H19N3O2. The van der Waals surface area contributed by atoms with Crippen molar-refractivity contribution in [3.63, 3.8) is 0 Å². The largest absolute Gasteiger partial charge is 0.419 e. The van der Waals surface area contributed by atoms with Crippen molar-refractivity contribution < 1.29 is 9.52 Å². The standard InChI is InChI=1S/C15H19N3O2/c1-11-3-2-4-12(9-11)15-17-16-14(20-15)10-18-7-5-13(19)6-8-18/h2-4,9,13,19H,5-8,10H2,1H3. The third-order valence-electron chi connectivity index (χ3n) is 3.65. The maximum atomic E-state index is 9.49. The second kappa shape index (κ2) is 5.73. The van der Waals surface area contributed by atoms with Crippen LogP contribution in [0.1, 0.15) is 24.3 Å². The number of likely N-dealkylation sites (tertiary alicyclic amines) is 1. The minimum absolute atomic E-state index is 0.156. The number of hydrogen-bond donors (Lipinski definition) is 1. The van der Waals surface area contributed by atoms with Crippen molar-refractivity contribution in [3.05, 3.63) is 35.7 Å². The van der Waals surface area contributed by atoms with Crippen LogP contribution in [-0.4, -0.2) is 39.4 Å². The minimum atomic E-state index is -0.156. The molecule has 5 heteroatoms.